The highest BCUT2D eigenvalue weighted by Crippen LogP contribution is 2.27. The Balaban J connectivity index is 2.33. The van der Waals surface area contributed by atoms with Crippen molar-refractivity contribution in [1.29, 1.82) is 0 Å². The van der Waals surface area contributed by atoms with Gasteiger partial charge in [0.05, 0.1) is 22.0 Å². The van der Waals surface area contributed by atoms with E-state index in [1.54, 1.807) is 13.0 Å². The van der Waals surface area contributed by atoms with Gasteiger partial charge < -0.3 is 10.1 Å². The van der Waals surface area contributed by atoms with E-state index < -0.39 is 33.9 Å². The number of hydrogen-bond donors (Lipinski definition) is 1. The minimum Gasteiger partial charge on any atom is -0.462 e. The lowest BCUT2D eigenvalue weighted by Gasteiger charge is -2.16. The molecule has 1 atom stereocenters. The lowest BCUT2D eigenvalue weighted by atomic mass is 10.1. The van der Waals surface area contributed by atoms with Crippen LogP contribution in [0.25, 0.3) is 0 Å². The van der Waals surface area contributed by atoms with Crippen LogP contribution < -0.4 is 5.32 Å². The number of hydrogen-bond acceptors (Lipinski definition) is 5. The average Bonchev–Trinajstić information content (AvgIpc) is 2.77. The number of benzene rings is 2. The van der Waals surface area contributed by atoms with E-state index in [2.05, 4.69) is 0 Å². The highest BCUT2D eigenvalue weighted by molar-refractivity contribution is 7.91. The van der Waals surface area contributed by atoms with Gasteiger partial charge in [-0.2, -0.15) is 13.2 Å². The molecule has 0 aliphatic carbocycles. The maximum absolute atomic E-state index is 13.3. The van der Waals surface area contributed by atoms with E-state index in [0.717, 1.165) is 11.1 Å². The summed E-state index contributed by atoms with van der Waals surface area (Å²) in [4.78, 5) is 23.3. The van der Waals surface area contributed by atoms with Crippen LogP contribution >= 0.6 is 0 Å². The fourth-order valence-corrected chi connectivity index (χ4v) is 4.70. The van der Waals surface area contributed by atoms with Crippen LogP contribution in [0, 0.1) is 0 Å². The zero-order valence-electron chi connectivity index (χ0n) is 19.9. The first-order valence-corrected chi connectivity index (χ1v) is 12.4. The lowest BCUT2D eigenvalue weighted by Crippen LogP contribution is -2.42. The van der Waals surface area contributed by atoms with Gasteiger partial charge in [0.1, 0.15) is 0 Å². The van der Waals surface area contributed by atoms with Crippen LogP contribution in [0.15, 0.2) is 63.9 Å². The highest BCUT2D eigenvalue weighted by Gasteiger charge is 2.39. The van der Waals surface area contributed by atoms with Crippen LogP contribution in [0.5, 0.6) is 0 Å². The van der Waals surface area contributed by atoms with Crippen LogP contribution in [0.4, 0.5) is 13.2 Å². The fourth-order valence-electron chi connectivity index (χ4n) is 3.27. The summed E-state index contributed by atoms with van der Waals surface area (Å²) >= 11 is 0. The molecule has 0 aromatic heterocycles. The molecule has 0 spiro atoms. The van der Waals surface area contributed by atoms with Gasteiger partial charge in [-0.25, -0.2) is 13.2 Å². The van der Waals surface area contributed by atoms with Crippen LogP contribution in [-0.4, -0.2) is 39.1 Å². The van der Waals surface area contributed by atoms with Gasteiger partial charge in [-0.05, 0) is 75.9 Å². The maximum Gasteiger partial charge on any atom is 0.471 e. The van der Waals surface area contributed by atoms with Crippen LogP contribution in [0.1, 0.15) is 49.2 Å². The first-order valence-electron chi connectivity index (χ1n) is 10.9. The number of amides is 1. The summed E-state index contributed by atoms with van der Waals surface area (Å²) < 4.78 is 69.0. The third kappa shape index (κ3) is 7.68. The molecule has 2 aromatic rings. The minimum absolute atomic E-state index is 0.0648. The molecule has 1 N–H and O–H groups in total. The zero-order valence-corrected chi connectivity index (χ0v) is 20.7. The van der Waals surface area contributed by atoms with Crippen molar-refractivity contribution < 1.29 is 35.9 Å². The Bertz CT molecular complexity index is 1200. The normalized spacial score (nSPS) is 12.5. The highest BCUT2D eigenvalue weighted by atomic mass is 32.2. The van der Waals surface area contributed by atoms with Crippen LogP contribution in [0.3, 0.4) is 0 Å². The molecule has 0 saturated carbocycles. The Kier molecular flexibility index (Phi) is 9.25. The number of rotatable bonds is 9. The van der Waals surface area contributed by atoms with E-state index in [9.17, 15) is 31.2 Å². The maximum atomic E-state index is 13.3. The predicted octanol–water partition coefficient (Wildman–Crippen LogP) is 4.81. The Labute approximate surface area is 203 Å². The van der Waals surface area contributed by atoms with E-state index in [1.165, 1.54) is 43.3 Å². The predicted molar refractivity (Wildman–Crippen MR) is 125 cm³/mol. The number of allylic oxidation sites excluding steroid dienone is 2. The van der Waals surface area contributed by atoms with Gasteiger partial charge in [0.15, 0.2) is 0 Å². The number of sulfone groups is 1. The van der Waals surface area contributed by atoms with E-state index in [-0.39, 0.29) is 28.4 Å². The summed E-state index contributed by atoms with van der Waals surface area (Å²) in [6, 6.07) is 9.23. The molecule has 0 fully saturated rings. The van der Waals surface area contributed by atoms with Gasteiger partial charge >= 0.3 is 18.1 Å². The summed E-state index contributed by atoms with van der Waals surface area (Å²) in [5.41, 5.74) is 2.28. The lowest BCUT2D eigenvalue weighted by molar-refractivity contribution is -0.174. The molecular weight excluding hydrogens is 483 g/mol. The van der Waals surface area contributed by atoms with Crippen molar-refractivity contribution in [3.8, 4) is 0 Å². The summed E-state index contributed by atoms with van der Waals surface area (Å²) in [6.07, 6.45) is -2.44. The number of alkyl halides is 3. The van der Waals surface area contributed by atoms with E-state index >= 15 is 0 Å². The van der Waals surface area contributed by atoms with Gasteiger partial charge in [0.25, 0.3) is 0 Å². The molecule has 2 rings (SSSR count). The minimum atomic E-state index is -4.98. The SMILES string of the molecule is CCOC(=O)c1cc(CC=C(C)C)ccc1S(=O)(=O)c1ccc(C[C@@H](C)NC(=O)C(F)(F)F)cc1. The van der Waals surface area contributed by atoms with E-state index in [0.29, 0.717) is 12.0 Å². The van der Waals surface area contributed by atoms with E-state index in [1.807, 2.05) is 25.2 Å². The third-order valence-electron chi connectivity index (χ3n) is 4.99. The van der Waals surface area contributed by atoms with Crippen molar-refractivity contribution in [3.63, 3.8) is 0 Å². The number of carbonyl (C=O) groups is 2. The molecule has 0 heterocycles. The summed E-state index contributed by atoms with van der Waals surface area (Å²) in [5, 5.41) is 1.86. The number of halogens is 3. The molecule has 190 valence electrons. The number of carbonyl (C=O) groups excluding carboxylic acids is 2. The Morgan fingerprint density at radius 2 is 1.66 bits per heavy atom. The molecule has 6 nitrogen and oxygen atoms in total. The van der Waals surface area contributed by atoms with Gasteiger partial charge in [0.2, 0.25) is 9.84 Å². The molecule has 2 aromatic carbocycles. The van der Waals surface area contributed by atoms with Crippen molar-refractivity contribution in [2.24, 2.45) is 0 Å². The second-order valence-electron chi connectivity index (χ2n) is 8.26. The molecule has 35 heavy (non-hydrogen) atoms. The Morgan fingerprint density at radius 1 is 1.06 bits per heavy atom. The molecule has 0 aliphatic heterocycles. The van der Waals surface area contributed by atoms with Crippen LogP contribution in [-0.2, 0) is 32.2 Å². The Hall–Kier alpha value is -3.14. The second kappa shape index (κ2) is 11.5. The summed E-state index contributed by atoms with van der Waals surface area (Å²) in [7, 11) is -4.10. The summed E-state index contributed by atoms with van der Waals surface area (Å²) in [6.45, 7) is 6.97. The van der Waals surface area contributed by atoms with Gasteiger partial charge in [-0.15, -0.1) is 0 Å². The standard InChI is InChI=1S/C25H28F3NO5S/c1-5-34-23(30)21-15-19(7-6-16(2)3)10-13-22(21)35(32,33)20-11-8-18(9-12-20)14-17(4)29-24(31)25(26,27)28/h6,8-13,15,17H,5,7,14H2,1-4H3,(H,29,31)/t17-/m1/s1. The average molecular weight is 512 g/mol. The molecular formula is C25H28F3NO5S. The molecule has 0 radical (unpaired) electrons. The van der Waals surface area contributed by atoms with Crippen molar-refractivity contribution >= 4 is 21.7 Å². The molecule has 0 aliphatic rings. The van der Waals surface area contributed by atoms with Gasteiger partial charge in [0, 0.05) is 6.04 Å². The monoisotopic (exact) mass is 511 g/mol. The number of ether oxygens (including phenoxy) is 1. The smallest absolute Gasteiger partial charge is 0.462 e. The van der Waals surface area contributed by atoms with Gasteiger partial charge in [-0.3, -0.25) is 4.79 Å². The Morgan fingerprint density at radius 3 is 2.20 bits per heavy atom. The topological polar surface area (TPSA) is 89.5 Å². The van der Waals surface area contributed by atoms with Crippen molar-refractivity contribution in [1.82, 2.24) is 5.32 Å². The molecule has 10 heteroatoms. The van der Waals surface area contributed by atoms with Crippen molar-refractivity contribution in [2.45, 2.75) is 62.5 Å². The molecule has 1 amide bonds. The summed E-state index contributed by atoms with van der Waals surface area (Å²) in [5.74, 6) is -2.79. The molecule has 0 bridgehead atoms. The first kappa shape index (κ1) is 28.1. The largest absolute Gasteiger partial charge is 0.471 e. The second-order valence-corrected chi connectivity index (χ2v) is 10.2. The van der Waals surface area contributed by atoms with Gasteiger partial charge in [-0.1, -0.05) is 29.8 Å². The van der Waals surface area contributed by atoms with Crippen molar-refractivity contribution in [2.75, 3.05) is 6.61 Å². The fraction of sp³-hybridized carbons (Fsp3) is 0.360. The zero-order chi connectivity index (χ0) is 26.4. The molecule has 0 saturated heterocycles. The number of esters is 1. The first-order chi connectivity index (χ1) is 16.3. The number of nitrogens with one attached hydrogen (secondary N) is 1. The van der Waals surface area contributed by atoms with E-state index in [4.69, 9.17) is 4.74 Å². The quantitative estimate of drug-likeness (QED) is 0.385. The molecule has 0 unspecified atom stereocenters. The van der Waals surface area contributed by atoms with Crippen molar-refractivity contribution in [3.05, 3.63) is 70.8 Å². The third-order valence-corrected chi connectivity index (χ3v) is 6.81. The van der Waals surface area contributed by atoms with Crippen LogP contribution in [0.2, 0.25) is 0 Å².